The van der Waals surface area contributed by atoms with E-state index in [0.29, 0.717) is 6.07 Å². The van der Waals surface area contributed by atoms with E-state index in [4.69, 9.17) is 11.6 Å². The molecular weight excluding hydrogens is 546 g/mol. The molecule has 0 bridgehead atoms. The zero-order valence-electron chi connectivity index (χ0n) is 14.6. The highest BCUT2D eigenvalue weighted by atomic mass is 127. The lowest BCUT2D eigenvalue weighted by Crippen LogP contribution is -2.28. The van der Waals surface area contributed by atoms with Crippen LogP contribution in [-0.4, -0.2) is 23.8 Å². The van der Waals surface area contributed by atoms with Gasteiger partial charge in [0.25, 0.3) is 5.56 Å². The first-order valence-corrected chi connectivity index (χ1v) is 11.1. The fourth-order valence-electron chi connectivity index (χ4n) is 2.58. The number of benzene rings is 2. The number of halogens is 5. The minimum atomic E-state index is -4.63. The van der Waals surface area contributed by atoms with Crippen LogP contribution in [0.4, 0.5) is 18.9 Å². The number of nitrogens with one attached hydrogen (secondary N) is 1. The van der Waals surface area contributed by atoms with Crippen molar-refractivity contribution in [2.24, 2.45) is 0 Å². The van der Waals surface area contributed by atoms with Crippen LogP contribution in [0, 0.1) is 3.57 Å². The van der Waals surface area contributed by atoms with Gasteiger partial charge in [0, 0.05) is 8.59 Å². The summed E-state index contributed by atoms with van der Waals surface area (Å²) in [5.74, 6) is -0.193. The van der Waals surface area contributed by atoms with Gasteiger partial charge in [-0.2, -0.15) is 13.2 Å². The van der Waals surface area contributed by atoms with Crippen molar-refractivity contribution >= 4 is 60.6 Å². The average molecular weight is 558 g/mol. The molecule has 0 radical (unpaired) electrons. The number of sulfone groups is 1. The highest BCUT2D eigenvalue weighted by molar-refractivity contribution is 14.1. The number of rotatable bonds is 4. The summed E-state index contributed by atoms with van der Waals surface area (Å²) in [4.78, 5) is 16.7. The Bertz CT molecular complexity index is 1280. The van der Waals surface area contributed by atoms with E-state index in [0.717, 1.165) is 17.1 Å². The molecule has 0 atom stereocenters. The van der Waals surface area contributed by atoms with Gasteiger partial charge in [0.1, 0.15) is 6.33 Å². The number of fused-ring (bicyclic) bond motifs is 1. The Morgan fingerprint density at radius 2 is 1.93 bits per heavy atom. The van der Waals surface area contributed by atoms with Crippen LogP contribution < -0.4 is 11.0 Å². The van der Waals surface area contributed by atoms with Gasteiger partial charge in [-0.3, -0.25) is 10.2 Å². The molecular formula is C17H12ClF3IN3O3S. The molecule has 1 N–H and O–H groups in total. The summed E-state index contributed by atoms with van der Waals surface area (Å²) < 4.78 is 64.9. The van der Waals surface area contributed by atoms with Crippen molar-refractivity contribution in [2.45, 2.75) is 18.0 Å². The zero-order chi connectivity index (χ0) is 21.6. The fourth-order valence-corrected chi connectivity index (χ4v) is 4.54. The van der Waals surface area contributed by atoms with E-state index in [1.165, 1.54) is 25.1 Å². The van der Waals surface area contributed by atoms with Gasteiger partial charge in [-0.1, -0.05) is 18.5 Å². The van der Waals surface area contributed by atoms with Crippen LogP contribution in [0.2, 0.25) is 5.02 Å². The van der Waals surface area contributed by atoms with E-state index in [2.05, 4.69) is 10.4 Å². The number of hydrogen-bond acceptors (Lipinski definition) is 5. The van der Waals surface area contributed by atoms with Crippen molar-refractivity contribution < 1.29 is 21.6 Å². The van der Waals surface area contributed by atoms with Crippen molar-refractivity contribution in [3.05, 3.63) is 61.2 Å². The Kier molecular flexibility index (Phi) is 5.84. The average Bonchev–Trinajstić information content (AvgIpc) is 2.63. The van der Waals surface area contributed by atoms with E-state index in [9.17, 15) is 26.4 Å². The molecule has 12 heteroatoms. The summed E-state index contributed by atoms with van der Waals surface area (Å²) in [6.07, 6.45) is -3.56. The van der Waals surface area contributed by atoms with Gasteiger partial charge < -0.3 is 0 Å². The van der Waals surface area contributed by atoms with Crippen LogP contribution in [0.3, 0.4) is 0 Å². The second-order valence-corrected chi connectivity index (χ2v) is 9.77. The molecule has 0 spiro atoms. The normalized spacial score (nSPS) is 12.3. The van der Waals surface area contributed by atoms with Gasteiger partial charge in [-0.25, -0.2) is 18.1 Å². The molecule has 0 amide bonds. The minimum Gasteiger partial charge on any atom is -0.289 e. The second-order valence-electron chi connectivity index (χ2n) is 5.93. The molecule has 3 rings (SSSR count). The van der Waals surface area contributed by atoms with Gasteiger partial charge >= 0.3 is 6.18 Å². The van der Waals surface area contributed by atoms with E-state index < -0.39 is 27.1 Å². The smallest absolute Gasteiger partial charge is 0.289 e. The number of hydrogen-bond donors (Lipinski definition) is 1. The van der Waals surface area contributed by atoms with Crippen LogP contribution >= 0.6 is 34.2 Å². The van der Waals surface area contributed by atoms with Crippen LogP contribution in [0.1, 0.15) is 12.5 Å². The third-order valence-corrected chi connectivity index (χ3v) is 6.88. The highest BCUT2D eigenvalue weighted by Gasteiger charge is 2.32. The molecule has 1 heterocycles. The summed E-state index contributed by atoms with van der Waals surface area (Å²) in [7, 11) is -3.66. The van der Waals surface area contributed by atoms with E-state index in [-0.39, 0.29) is 35.8 Å². The zero-order valence-corrected chi connectivity index (χ0v) is 18.3. The number of anilines is 1. The highest BCUT2D eigenvalue weighted by Crippen LogP contribution is 2.32. The van der Waals surface area contributed by atoms with E-state index >= 15 is 0 Å². The predicted molar refractivity (Wildman–Crippen MR) is 112 cm³/mol. The topological polar surface area (TPSA) is 81.1 Å². The molecule has 0 aliphatic heterocycles. The SMILES string of the molecule is CCS(=O)(=O)c1ccc(Cl)cc1Nn1cnc2c(I)cc(C(F)(F)F)cc2c1=O. The first-order chi connectivity index (χ1) is 13.4. The summed E-state index contributed by atoms with van der Waals surface area (Å²) in [6.45, 7) is 1.46. The maximum absolute atomic E-state index is 13.1. The molecule has 2 aromatic carbocycles. The maximum Gasteiger partial charge on any atom is 0.416 e. The molecule has 6 nitrogen and oxygen atoms in total. The standard InChI is InChI=1S/C17H12ClF3IN3O3S/c1-2-29(27,28)14-4-3-10(18)7-13(14)24-25-8-23-15-11(16(25)26)5-9(6-12(15)22)17(19,20)21/h3-8,24H,2H2,1H3. The lowest BCUT2D eigenvalue weighted by atomic mass is 10.1. The lowest BCUT2D eigenvalue weighted by Gasteiger charge is -2.15. The van der Waals surface area contributed by atoms with Crippen molar-refractivity contribution in [1.82, 2.24) is 9.66 Å². The fraction of sp³-hybridized carbons (Fsp3) is 0.176. The molecule has 29 heavy (non-hydrogen) atoms. The molecule has 0 saturated heterocycles. The van der Waals surface area contributed by atoms with Crippen molar-refractivity contribution in [1.29, 1.82) is 0 Å². The van der Waals surface area contributed by atoms with Crippen LogP contribution in [0.5, 0.6) is 0 Å². The summed E-state index contributed by atoms with van der Waals surface area (Å²) in [5, 5.41) is -0.0561. The molecule has 3 aromatic rings. The second kappa shape index (κ2) is 7.76. The lowest BCUT2D eigenvalue weighted by molar-refractivity contribution is -0.137. The van der Waals surface area contributed by atoms with Gasteiger partial charge in [0.2, 0.25) is 0 Å². The van der Waals surface area contributed by atoms with Gasteiger partial charge in [0.05, 0.1) is 32.8 Å². The summed E-state index contributed by atoms with van der Waals surface area (Å²) >= 11 is 7.61. The molecule has 0 aliphatic carbocycles. The maximum atomic E-state index is 13.1. The number of alkyl halides is 3. The van der Waals surface area contributed by atoms with E-state index in [1.54, 1.807) is 22.6 Å². The van der Waals surface area contributed by atoms with Crippen LogP contribution in [0.25, 0.3) is 10.9 Å². The van der Waals surface area contributed by atoms with Crippen molar-refractivity contribution in [2.75, 3.05) is 11.2 Å². The van der Waals surface area contributed by atoms with Crippen LogP contribution in [-0.2, 0) is 16.0 Å². The van der Waals surface area contributed by atoms with Crippen LogP contribution in [0.15, 0.2) is 46.3 Å². The first kappa shape index (κ1) is 21.8. The summed E-state index contributed by atoms with van der Waals surface area (Å²) in [6, 6.07) is 5.58. The molecule has 0 aliphatic rings. The largest absolute Gasteiger partial charge is 0.416 e. The molecule has 154 valence electrons. The predicted octanol–water partition coefficient (Wildman–Crippen LogP) is 4.34. The number of nitrogens with zero attached hydrogens (tertiary/aromatic N) is 2. The third kappa shape index (κ3) is 4.36. The Hall–Kier alpha value is -1.86. The monoisotopic (exact) mass is 557 g/mol. The summed E-state index contributed by atoms with van der Waals surface area (Å²) in [5.41, 5.74) is 0.892. The van der Waals surface area contributed by atoms with Crippen molar-refractivity contribution in [3.63, 3.8) is 0 Å². The van der Waals surface area contributed by atoms with E-state index in [1.807, 2.05) is 0 Å². The van der Waals surface area contributed by atoms with Gasteiger partial charge in [-0.05, 0) is 52.9 Å². The quantitative estimate of drug-likeness (QED) is 0.483. The van der Waals surface area contributed by atoms with Crippen molar-refractivity contribution in [3.8, 4) is 0 Å². The number of aromatic nitrogens is 2. The Morgan fingerprint density at radius 3 is 2.55 bits per heavy atom. The third-order valence-electron chi connectivity index (χ3n) is 4.04. The molecule has 0 saturated carbocycles. The Balaban J connectivity index is 2.20. The van der Waals surface area contributed by atoms with Gasteiger partial charge in [-0.15, -0.1) is 0 Å². The van der Waals surface area contributed by atoms with Gasteiger partial charge in [0.15, 0.2) is 9.84 Å². The molecule has 0 fully saturated rings. The molecule has 0 unspecified atom stereocenters. The Labute approximate surface area is 181 Å². The molecule has 1 aromatic heterocycles. The Morgan fingerprint density at radius 1 is 1.24 bits per heavy atom. The minimum absolute atomic E-state index is 0.00396. The first-order valence-electron chi connectivity index (χ1n) is 8.01.